The third-order valence-electron chi connectivity index (χ3n) is 2.65. The van der Waals surface area contributed by atoms with Crippen LogP contribution in [0.3, 0.4) is 0 Å². The molecule has 1 aromatic rings. The molecule has 0 saturated heterocycles. The summed E-state index contributed by atoms with van der Waals surface area (Å²) in [6.45, 7) is 5.11. The van der Waals surface area contributed by atoms with Gasteiger partial charge >= 0.3 is 5.51 Å². The lowest BCUT2D eigenvalue weighted by Crippen LogP contribution is -2.14. The largest absolute Gasteiger partial charge is 0.441 e. The highest BCUT2D eigenvalue weighted by atomic mass is 32.2. The van der Waals surface area contributed by atoms with Crippen LogP contribution >= 0.6 is 11.8 Å². The first-order valence-corrected chi connectivity index (χ1v) is 7.98. The SMILES string of the molecule is CCCNc1ncnc(NCCSC(F)(F)F)c1CCC. The van der Waals surface area contributed by atoms with Crippen molar-refractivity contribution in [1.29, 1.82) is 0 Å². The van der Waals surface area contributed by atoms with E-state index in [1.165, 1.54) is 6.33 Å². The number of rotatable bonds is 9. The highest BCUT2D eigenvalue weighted by Gasteiger charge is 2.27. The van der Waals surface area contributed by atoms with E-state index in [0.717, 1.165) is 37.2 Å². The second kappa shape index (κ2) is 8.96. The van der Waals surface area contributed by atoms with Crippen molar-refractivity contribution in [2.24, 2.45) is 0 Å². The number of halogens is 3. The molecule has 21 heavy (non-hydrogen) atoms. The molecular weight excluding hydrogens is 301 g/mol. The highest BCUT2D eigenvalue weighted by molar-refractivity contribution is 8.00. The van der Waals surface area contributed by atoms with Gasteiger partial charge in [0.1, 0.15) is 18.0 Å². The van der Waals surface area contributed by atoms with Crippen molar-refractivity contribution in [3.05, 3.63) is 11.9 Å². The summed E-state index contributed by atoms with van der Waals surface area (Å²) in [6, 6.07) is 0. The lowest BCUT2D eigenvalue weighted by atomic mass is 10.1. The van der Waals surface area contributed by atoms with Crippen LogP contribution in [0.4, 0.5) is 24.8 Å². The molecule has 0 saturated carbocycles. The van der Waals surface area contributed by atoms with Gasteiger partial charge in [-0.05, 0) is 24.6 Å². The van der Waals surface area contributed by atoms with Crippen molar-refractivity contribution in [3.8, 4) is 0 Å². The van der Waals surface area contributed by atoms with Gasteiger partial charge in [0.2, 0.25) is 0 Å². The van der Waals surface area contributed by atoms with Crippen LogP contribution in [0, 0.1) is 0 Å². The van der Waals surface area contributed by atoms with Crippen molar-refractivity contribution in [2.75, 3.05) is 29.5 Å². The summed E-state index contributed by atoms with van der Waals surface area (Å²) in [4.78, 5) is 8.36. The molecule has 1 heterocycles. The maximum Gasteiger partial charge on any atom is 0.441 e. The van der Waals surface area contributed by atoms with Gasteiger partial charge in [0.05, 0.1) is 0 Å². The summed E-state index contributed by atoms with van der Waals surface area (Å²) >= 11 is -0.0314. The smallest absolute Gasteiger partial charge is 0.370 e. The second-order valence-electron chi connectivity index (χ2n) is 4.45. The van der Waals surface area contributed by atoms with Gasteiger partial charge < -0.3 is 10.6 Å². The third kappa shape index (κ3) is 6.88. The number of nitrogens with one attached hydrogen (secondary N) is 2. The molecule has 0 bridgehead atoms. The summed E-state index contributed by atoms with van der Waals surface area (Å²) in [5.41, 5.74) is -3.25. The Labute approximate surface area is 127 Å². The van der Waals surface area contributed by atoms with E-state index in [1.54, 1.807) is 0 Å². The molecule has 0 aliphatic heterocycles. The lowest BCUT2D eigenvalue weighted by molar-refractivity contribution is -0.0327. The molecule has 8 heteroatoms. The summed E-state index contributed by atoms with van der Waals surface area (Å²) in [7, 11) is 0. The first-order valence-electron chi connectivity index (χ1n) is 7.00. The Morgan fingerprint density at radius 1 is 1.05 bits per heavy atom. The van der Waals surface area contributed by atoms with Gasteiger partial charge in [0.25, 0.3) is 0 Å². The Morgan fingerprint density at radius 2 is 1.67 bits per heavy atom. The number of aromatic nitrogens is 2. The van der Waals surface area contributed by atoms with E-state index in [4.69, 9.17) is 0 Å². The molecule has 0 aliphatic carbocycles. The Hall–Kier alpha value is -1.18. The second-order valence-corrected chi connectivity index (χ2v) is 5.61. The van der Waals surface area contributed by atoms with Crippen molar-refractivity contribution in [3.63, 3.8) is 0 Å². The predicted molar refractivity (Wildman–Crippen MR) is 81.8 cm³/mol. The first kappa shape index (κ1) is 17.9. The minimum atomic E-state index is -4.19. The molecule has 4 nitrogen and oxygen atoms in total. The molecule has 1 aromatic heterocycles. The first-order chi connectivity index (χ1) is 9.98. The van der Waals surface area contributed by atoms with Gasteiger partial charge in [0.15, 0.2) is 0 Å². The van der Waals surface area contributed by atoms with Crippen LogP contribution in [0.1, 0.15) is 32.3 Å². The number of hydrogen-bond acceptors (Lipinski definition) is 5. The Morgan fingerprint density at radius 3 is 2.19 bits per heavy atom. The number of anilines is 2. The fourth-order valence-electron chi connectivity index (χ4n) is 1.78. The zero-order chi connectivity index (χ0) is 15.7. The van der Waals surface area contributed by atoms with E-state index in [9.17, 15) is 13.2 Å². The van der Waals surface area contributed by atoms with Crippen LogP contribution < -0.4 is 10.6 Å². The van der Waals surface area contributed by atoms with Gasteiger partial charge in [-0.1, -0.05) is 20.3 Å². The topological polar surface area (TPSA) is 49.8 Å². The average Bonchev–Trinajstić information content (AvgIpc) is 2.42. The molecule has 0 atom stereocenters. The molecule has 120 valence electrons. The summed E-state index contributed by atoms with van der Waals surface area (Å²) in [6.07, 6.45) is 4.10. The third-order valence-corrected chi connectivity index (χ3v) is 3.38. The van der Waals surface area contributed by atoms with Gasteiger partial charge in [-0.2, -0.15) is 13.2 Å². The maximum absolute atomic E-state index is 12.1. The average molecular weight is 322 g/mol. The number of hydrogen-bond donors (Lipinski definition) is 2. The van der Waals surface area contributed by atoms with E-state index < -0.39 is 5.51 Å². The molecule has 0 fully saturated rings. The molecule has 0 spiro atoms. The predicted octanol–water partition coefficient (Wildman–Crippen LogP) is 3.92. The van der Waals surface area contributed by atoms with Crippen LogP contribution in [0.15, 0.2) is 6.33 Å². The molecule has 0 amide bonds. The Balaban J connectivity index is 2.66. The minimum absolute atomic E-state index is 0.0314. The van der Waals surface area contributed by atoms with E-state index in [0.29, 0.717) is 5.82 Å². The molecule has 0 aliphatic rings. The molecule has 1 rings (SSSR count). The summed E-state index contributed by atoms with van der Waals surface area (Å²) in [5, 5.41) is 6.20. The molecule has 0 aromatic carbocycles. The minimum Gasteiger partial charge on any atom is -0.370 e. The Kier molecular flexibility index (Phi) is 7.63. The van der Waals surface area contributed by atoms with Crippen LogP contribution in [0.25, 0.3) is 0 Å². The maximum atomic E-state index is 12.1. The Bertz CT molecular complexity index is 426. The number of thioether (sulfide) groups is 1. The zero-order valence-corrected chi connectivity index (χ0v) is 13.1. The number of nitrogens with zero attached hydrogens (tertiary/aromatic N) is 2. The van der Waals surface area contributed by atoms with Crippen molar-refractivity contribution < 1.29 is 13.2 Å². The van der Waals surface area contributed by atoms with Gasteiger partial charge in [-0.25, -0.2) is 9.97 Å². The molecule has 0 radical (unpaired) electrons. The summed E-state index contributed by atoms with van der Waals surface area (Å²) < 4.78 is 36.3. The zero-order valence-electron chi connectivity index (χ0n) is 12.3. The number of alkyl halides is 3. The monoisotopic (exact) mass is 322 g/mol. The molecule has 2 N–H and O–H groups in total. The van der Waals surface area contributed by atoms with E-state index in [2.05, 4.69) is 27.5 Å². The van der Waals surface area contributed by atoms with E-state index in [1.807, 2.05) is 6.92 Å². The lowest BCUT2D eigenvalue weighted by Gasteiger charge is -2.15. The van der Waals surface area contributed by atoms with Gasteiger partial charge in [0, 0.05) is 24.4 Å². The van der Waals surface area contributed by atoms with Crippen LogP contribution in [-0.2, 0) is 6.42 Å². The van der Waals surface area contributed by atoms with Crippen LogP contribution in [-0.4, -0.2) is 34.3 Å². The normalized spacial score (nSPS) is 11.5. The quantitative estimate of drug-likeness (QED) is 0.675. The van der Waals surface area contributed by atoms with Crippen LogP contribution in [0.5, 0.6) is 0 Å². The van der Waals surface area contributed by atoms with Crippen LogP contribution in [0.2, 0.25) is 0 Å². The standard InChI is InChI=1S/C13H21F3N4S/c1-3-5-10-11(17-6-4-2)19-9-20-12(10)18-7-8-21-13(14,15)16/h9H,3-8H2,1-2H3,(H2,17,18,19,20). The fraction of sp³-hybridized carbons (Fsp3) is 0.692. The van der Waals surface area contributed by atoms with Gasteiger partial charge in [-0.15, -0.1) is 0 Å². The van der Waals surface area contributed by atoms with Crippen molar-refractivity contribution in [2.45, 2.75) is 38.6 Å². The van der Waals surface area contributed by atoms with E-state index in [-0.39, 0.29) is 24.1 Å². The van der Waals surface area contributed by atoms with Crippen molar-refractivity contribution in [1.82, 2.24) is 9.97 Å². The van der Waals surface area contributed by atoms with E-state index >= 15 is 0 Å². The summed E-state index contributed by atoms with van der Waals surface area (Å²) in [5.74, 6) is 1.34. The fourth-order valence-corrected chi connectivity index (χ4v) is 2.22. The molecule has 0 unspecified atom stereocenters. The van der Waals surface area contributed by atoms with Crippen molar-refractivity contribution >= 4 is 23.4 Å². The molecular formula is C13H21F3N4S. The van der Waals surface area contributed by atoms with Gasteiger partial charge in [-0.3, -0.25) is 0 Å². The highest BCUT2D eigenvalue weighted by Crippen LogP contribution is 2.30.